The van der Waals surface area contributed by atoms with Crippen LogP contribution in [-0.4, -0.2) is 17.4 Å². The van der Waals surface area contributed by atoms with Gasteiger partial charge >= 0.3 is 0 Å². The summed E-state index contributed by atoms with van der Waals surface area (Å²) in [5, 5.41) is 3.35. The third kappa shape index (κ3) is 4.02. The maximum absolute atomic E-state index is 12.0. The van der Waals surface area contributed by atoms with Crippen LogP contribution in [-0.2, 0) is 6.54 Å². The monoisotopic (exact) mass is 321 g/mol. The zero-order valence-corrected chi connectivity index (χ0v) is 12.6. The van der Waals surface area contributed by atoms with Gasteiger partial charge in [0.15, 0.2) is 0 Å². The van der Waals surface area contributed by atoms with Gasteiger partial charge in [-0.15, -0.1) is 0 Å². The van der Waals surface area contributed by atoms with Crippen molar-refractivity contribution in [3.63, 3.8) is 0 Å². The Kier molecular flexibility index (Phi) is 5.29. The fourth-order valence-corrected chi connectivity index (χ4v) is 2.05. The van der Waals surface area contributed by atoms with Gasteiger partial charge in [0.25, 0.3) is 5.91 Å². The molecule has 1 aromatic heterocycles. The van der Waals surface area contributed by atoms with Crippen molar-refractivity contribution in [1.29, 1.82) is 0 Å². The molecule has 0 saturated heterocycles. The van der Waals surface area contributed by atoms with Gasteiger partial charge in [0.05, 0.1) is 11.6 Å². The molecule has 0 atom stereocenters. The first-order valence-corrected chi connectivity index (χ1v) is 6.96. The van der Waals surface area contributed by atoms with Gasteiger partial charge in [0.2, 0.25) is 0 Å². The first-order valence-electron chi connectivity index (χ1n) is 6.21. The Balaban J connectivity index is 2.08. The van der Waals surface area contributed by atoms with E-state index in [9.17, 15) is 4.79 Å². The second-order valence-corrected chi connectivity index (χ2v) is 4.98. The number of carbonyl (C=O) groups is 1. The normalized spacial score (nSPS) is 9.86. The van der Waals surface area contributed by atoms with Crippen LogP contribution in [0.25, 0.3) is 0 Å². The summed E-state index contributed by atoms with van der Waals surface area (Å²) in [6, 6.07) is 9.04. The summed E-state index contributed by atoms with van der Waals surface area (Å²) in [4.78, 5) is 14.7. The summed E-state index contributed by atoms with van der Waals surface area (Å²) in [6.07, 6.45) is 0. The lowest BCUT2D eigenvalue weighted by atomic mass is 10.1. The second kappa shape index (κ2) is 7.19. The molecule has 0 aliphatic carbocycles. The van der Waals surface area contributed by atoms with Crippen LogP contribution in [0.3, 0.4) is 0 Å². The third-order valence-electron chi connectivity index (χ3n) is 2.75. The molecule has 0 saturated carbocycles. The van der Waals surface area contributed by atoms with E-state index < -0.39 is 0 Å². The highest BCUT2D eigenvalue weighted by atomic mass is 35.5. The van der Waals surface area contributed by atoms with Crippen LogP contribution in [0.1, 0.15) is 21.6 Å². The molecule has 6 heteroatoms. The molecular formula is C15H13Cl2N3O. The molecule has 0 aliphatic rings. The number of amides is 1. The van der Waals surface area contributed by atoms with Gasteiger partial charge < -0.3 is 16.0 Å². The zero-order valence-electron chi connectivity index (χ0n) is 11.0. The second-order valence-electron chi connectivity index (χ2n) is 4.19. The van der Waals surface area contributed by atoms with Crippen molar-refractivity contribution in [2.45, 2.75) is 6.54 Å². The minimum atomic E-state index is -0.287. The van der Waals surface area contributed by atoms with E-state index >= 15 is 0 Å². The molecule has 2 aromatic rings. The summed E-state index contributed by atoms with van der Waals surface area (Å²) in [5.74, 6) is 5.49. The number of carbonyl (C=O) groups excluding carboxylic acids is 1. The number of aromatic amines is 1. The van der Waals surface area contributed by atoms with Crippen molar-refractivity contribution in [1.82, 2.24) is 10.3 Å². The quantitative estimate of drug-likeness (QED) is 0.760. The number of aromatic nitrogens is 1. The summed E-state index contributed by atoms with van der Waals surface area (Å²) in [6.45, 7) is 0.642. The van der Waals surface area contributed by atoms with Gasteiger partial charge in [0.1, 0.15) is 10.8 Å². The van der Waals surface area contributed by atoms with Crippen molar-refractivity contribution in [2.24, 2.45) is 5.73 Å². The fourth-order valence-electron chi connectivity index (χ4n) is 1.74. The number of hydrogen-bond donors (Lipinski definition) is 3. The van der Waals surface area contributed by atoms with Crippen molar-refractivity contribution >= 4 is 29.1 Å². The highest BCUT2D eigenvalue weighted by molar-refractivity contribution is 6.41. The van der Waals surface area contributed by atoms with Crippen LogP contribution >= 0.6 is 23.2 Å². The van der Waals surface area contributed by atoms with Gasteiger partial charge in [-0.2, -0.15) is 0 Å². The SMILES string of the molecule is NCC#Cc1ccccc1CNC(=O)c1cc(Cl)c(Cl)[nH]1. The number of halogens is 2. The lowest BCUT2D eigenvalue weighted by molar-refractivity contribution is 0.0946. The fraction of sp³-hybridized carbons (Fsp3) is 0.133. The van der Waals surface area contributed by atoms with Crippen molar-refractivity contribution < 1.29 is 4.79 Å². The molecule has 108 valence electrons. The third-order valence-corrected chi connectivity index (χ3v) is 3.44. The molecule has 0 unspecified atom stereocenters. The van der Waals surface area contributed by atoms with E-state index in [1.54, 1.807) is 0 Å². The molecule has 0 aliphatic heterocycles. The summed E-state index contributed by atoms with van der Waals surface area (Å²) < 4.78 is 0. The first kappa shape index (κ1) is 15.5. The van der Waals surface area contributed by atoms with Crippen LogP contribution in [0, 0.1) is 11.8 Å². The average Bonchev–Trinajstić information content (AvgIpc) is 2.83. The number of hydrogen-bond acceptors (Lipinski definition) is 2. The highest BCUT2D eigenvalue weighted by Crippen LogP contribution is 2.21. The number of nitrogens with one attached hydrogen (secondary N) is 2. The minimum Gasteiger partial charge on any atom is -0.347 e. The Hall–Kier alpha value is -1.93. The van der Waals surface area contributed by atoms with E-state index in [0.29, 0.717) is 23.8 Å². The van der Waals surface area contributed by atoms with E-state index in [1.807, 2.05) is 24.3 Å². The molecule has 1 amide bonds. The van der Waals surface area contributed by atoms with Gasteiger partial charge in [-0.25, -0.2) is 0 Å². The predicted octanol–water partition coefficient (Wildman–Crippen LogP) is 2.56. The first-order chi connectivity index (χ1) is 10.1. The lowest BCUT2D eigenvalue weighted by Gasteiger charge is -2.06. The Morgan fingerprint density at radius 2 is 2.10 bits per heavy atom. The molecule has 4 N–H and O–H groups in total. The molecule has 0 fully saturated rings. The van der Waals surface area contributed by atoms with Gasteiger partial charge in [-0.05, 0) is 17.7 Å². The maximum Gasteiger partial charge on any atom is 0.268 e. The molecule has 21 heavy (non-hydrogen) atoms. The van der Waals surface area contributed by atoms with Gasteiger partial charge in [-0.1, -0.05) is 53.2 Å². The lowest BCUT2D eigenvalue weighted by Crippen LogP contribution is -2.23. The Morgan fingerprint density at radius 1 is 1.33 bits per heavy atom. The van der Waals surface area contributed by atoms with Crippen LogP contribution in [0.5, 0.6) is 0 Å². The predicted molar refractivity (Wildman–Crippen MR) is 84.4 cm³/mol. The van der Waals surface area contributed by atoms with E-state index in [1.165, 1.54) is 6.07 Å². The maximum atomic E-state index is 12.0. The van der Waals surface area contributed by atoms with Gasteiger partial charge in [-0.3, -0.25) is 4.79 Å². The van der Waals surface area contributed by atoms with E-state index in [4.69, 9.17) is 28.9 Å². The number of H-pyrrole nitrogens is 1. The van der Waals surface area contributed by atoms with Crippen LogP contribution in [0.15, 0.2) is 30.3 Å². The van der Waals surface area contributed by atoms with Crippen molar-refractivity contribution in [2.75, 3.05) is 6.54 Å². The number of rotatable bonds is 3. The number of benzene rings is 1. The largest absolute Gasteiger partial charge is 0.347 e. The minimum absolute atomic E-state index is 0.246. The molecular weight excluding hydrogens is 309 g/mol. The summed E-state index contributed by atoms with van der Waals surface area (Å²) >= 11 is 11.6. The van der Waals surface area contributed by atoms with Crippen LogP contribution in [0.2, 0.25) is 10.2 Å². The molecule has 2 rings (SSSR count). The van der Waals surface area contributed by atoms with Crippen molar-refractivity contribution in [3.05, 3.63) is 57.3 Å². The molecule has 4 nitrogen and oxygen atoms in total. The van der Waals surface area contributed by atoms with E-state index in [2.05, 4.69) is 22.1 Å². The molecule has 1 aromatic carbocycles. The standard InChI is InChI=1S/C15H13Cl2N3O/c16-12-8-13(20-14(12)17)15(21)19-9-11-5-2-1-4-10(11)6-3-7-18/h1-2,4-5,8,20H,7,9,18H2,(H,19,21). The topological polar surface area (TPSA) is 70.9 Å². The van der Waals surface area contributed by atoms with Crippen LogP contribution in [0.4, 0.5) is 0 Å². The molecule has 1 heterocycles. The smallest absolute Gasteiger partial charge is 0.268 e. The van der Waals surface area contributed by atoms with E-state index in [-0.39, 0.29) is 11.1 Å². The van der Waals surface area contributed by atoms with Gasteiger partial charge in [0, 0.05) is 12.1 Å². The van der Waals surface area contributed by atoms with Crippen molar-refractivity contribution in [3.8, 4) is 11.8 Å². The van der Waals surface area contributed by atoms with E-state index in [0.717, 1.165) is 11.1 Å². The Morgan fingerprint density at radius 3 is 2.76 bits per heavy atom. The molecule has 0 bridgehead atoms. The molecule has 0 radical (unpaired) electrons. The molecule has 0 spiro atoms. The average molecular weight is 322 g/mol. The zero-order chi connectivity index (χ0) is 15.2. The summed E-state index contributed by atoms with van der Waals surface area (Å²) in [5.41, 5.74) is 7.44. The van der Waals surface area contributed by atoms with Crippen LogP contribution < -0.4 is 11.1 Å². The Bertz CT molecular complexity index is 694. The number of nitrogens with two attached hydrogens (primary N) is 1. The Labute approximate surface area is 132 Å². The highest BCUT2D eigenvalue weighted by Gasteiger charge is 2.11. The summed E-state index contributed by atoms with van der Waals surface area (Å²) in [7, 11) is 0.